The number of hydrogen-bond donors (Lipinski definition) is 1. The molecule has 4 nitrogen and oxygen atoms in total. The second-order valence-corrected chi connectivity index (χ2v) is 6.37. The third-order valence-electron chi connectivity index (χ3n) is 2.90. The lowest BCUT2D eigenvalue weighted by atomic mass is 10.1. The molecule has 0 heterocycles. The lowest BCUT2D eigenvalue weighted by Gasteiger charge is -2.19. The second kappa shape index (κ2) is 7.99. The average Bonchev–Trinajstić information content (AvgIpc) is 2.45. The topological polar surface area (TPSA) is 63.4 Å². The van der Waals surface area contributed by atoms with Crippen LogP contribution in [0.5, 0.6) is 0 Å². The molecule has 5 heteroatoms. The van der Waals surface area contributed by atoms with Crippen molar-refractivity contribution in [3.8, 4) is 0 Å². The molecule has 0 saturated carbocycles. The summed E-state index contributed by atoms with van der Waals surface area (Å²) >= 11 is 0. The monoisotopic (exact) mass is 294 g/mol. The molecule has 0 aliphatic rings. The van der Waals surface area contributed by atoms with Crippen LogP contribution in [0, 0.1) is 0 Å². The van der Waals surface area contributed by atoms with Crippen LogP contribution in [0.2, 0.25) is 0 Å². The van der Waals surface area contributed by atoms with Crippen LogP contribution in [-0.2, 0) is 16.4 Å². The maximum atomic E-state index is 12.4. The Bertz CT molecular complexity index is 525. The summed E-state index contributed by atoms with van der Waals surface area (Å²) in [5.74, 6) is 0. The smallest absolute Gasteiger partial charge is 0.243 e. The third kappa shape index (κ3) is 4.30. The van der Waals surface area contributed by atoms with E-state index in [1.165, 1.54) is 4.31 Å². The minimum Gasteiger partial charge on any atom is -0.330 e. The molecule has 1 aromatic carbocycles. The fraction of sp³-hybridized carbons (Fsp3) is 0.333. The predicted octanol–water partition coefficient (Wildman–Crippen LogP) is 1.94. The highest BCUT2D eigenvalue weighted by molar-refractivity contribution is 7.89. The van der Waals surface area contributed by atoms with Gasteiger partial charge >= 0.3 is 0 Å². The minimum atomic E-state index is -3.50. The number of benzene rings is 1. The van der Waals surface area contributed by atoms with Crippen molar-refractivity contribution in [2.45, 2.75) is 17.7 Å². The van der Waals surface area contributed by atoms with Gasteiger partial charge in [-0.05, 0) is 37.1 Å². The number of aryl methyl sites for hydroxylation is 1. The number of rotatable bonds is 9. The summed E-state index contributed by atoms with van der Waals surface area (Å²) < 4.78 is 26.2. The summed E-state index contributed by atoms with van der Waals surface area (Å²) in [7, 11) is -3.50. The first kappa shape index (κ1) is 16.6. The standard InChI is InChI=1S/C15H22N2O2S/c1-3-12-17(13-4-2)20(18,19)15-9-7-14(8-10-15)6-5-11-16/h3-4,7-10H,1-2,5-6,11-13,16H2. The van der Waals surface area contributed by atoms with Gasteiger partial charge in [-0.1, -0.05) is 24.3 Å². The molecule has 110 valence electrons. The van der Waals surface area contributed by atoms with E-state index >= 15 is 0 Å². The maximum absolute atomic E-state index is 12.4. The maximum Gasteiger partial charge on any atom is 0.243 e. The van der Waals surface area contributed by atoms with E-state index in [9.17, 15) is 8.42 Å². The molecule has 0 spiro atoms. The van der Waals surface area contributed by atoms with Gasteiger partial charge in [0.05, 0.1) is 4.90 Å². The van der Waals surface area contributed by atoms with Crippen molar-refractivity contribution >= 4 is 10.0 Å². The van der Waals surface area contributed by atoms with Gasteiger partial charge in [-0.2, -0.15) is 4.31 Å². The summed E-state index contributed by atoms with van der Waals surface area (Å²) in [5.41, 5.74) is 6.55. The van der Waals surface area contributed by atoms with Gasteiger partial charge in [-0.15, -0.1) is 13.2 Å². The van der Waals surface area contributed by atoms with Crippen molar-refractivity contribution in [1.82, 2.24) is 4.31 Å². The lowest BCUT2D eigenvalue weighted by Crippen LogP contribution is -2.31. The zero-order valence-electron chi connectivity index (χ0n) is 11.7. The van der Waals surface area contributed by atoms with Gasteiger partial charge in [0.15, 0.2) is 0 Å². The molecule has 20 heavy (non-hydrogen) atoms. The van der Waals surface area contributed by atoms with Crippen LogP contribution in [0.4, 0.5) is 0 Å². The average molecular weight is 294 g/mol. The molecule has 0 saturated heterocycles. The molecule has 0 aromatic heterocycles. The van der Waals surface area contributed by atoms with E-state index in [-0.39, 0.29) is 18.0 Å². The van der Waals surface area contributed by atoms with Crippen LogP contribution < -0.4 is 5.73 Å². The molecular formula is C15H22N2O2S. The first-order valence-corrected chi connectivity index (χ1v) is 8.01. The van der Waals surface area contributed by atoms with Crippen molar-refractivity contribution in [3.05, 3.63) is 55.1 Å². The van der Waals surface area contributed by atoms with Crippen molar-refractivity contribution in [2.24, 2.45) is 5.73 Å². The molecule has 0 fully saturated rings. The number of sulfonamides is 1. The molecule has 0 amide bonds. The van der Waals surface area contributed by atoms with Crippen molar-refractivity contribution in [1.29, 1.82) is 0 Å². The first-order chi connectivity index (χ1) is 9.56. The summed E-state index contributed by atoms with van der Waals surface area (Å²) in [6, 6.07) is 6.95. The molecule has 1 rings (SSSR count). The fourth-order valence-corrected chi connectivity index (χ4v) is 3.22. The van der Waals surface area contributed by atoms with Crippen LogP contribution in [0.3, 0.4) is 0 Å². The molecule has 0 aliphatic heterocycles. The van der Waals surface area contributed by atoms with Gasteiger partial charge in [0.1, 0.15) is 0 Å². The Labute approximate surface area is 121 Å². The Hall–Kier alpha value is -1.43. The molecule has 0 radical (unpaired) electrons. The zero-order chi connectivity index (χ0) is 15.0. The zero-order valence-corrected chi connectivity index (χ0v) is 12.5. The number of nitrogens with two attached hydrogens (primary N) is 1. The molecule has 0 bridgehead atoms. The van der Waals surface area contributed by atoms with Gasteiger partial charge < -0.3 is 5.73 Å². The van der Waals surface area contributed by atoms with Crippen LogP contribution in [-0.4, -0.2) is 32.4 Å². The Kier molecular flexibility index (Phi) is 6.64. The van der Waals surface area contributed by atoms with E-state index in [2.05, 4.69) is 13.2 Å². The Balaban J connectivity index is 2.95. The summed E-state index contributed by atoms with van der Waals surface area (Å²) in [5, 5.41) is 0. The van der Waals surface area contributed by atoms with Crippen LogP contribution >= 0.6 is 0 Å². The normalized spacial score (nSPS) is 11.5. The highest BCUT2D eigenvalue weighted by Crippen LogP contribution is 2.17. The molecular weight excluding hydrogens is 272 g/mol. The van der Waals surface area contributed by atoms with Crippen molar-refractivity contribution < 1.29 is 8.42 Å². The van der Waals surface area contributed by atoms with E-state index in [1.807, 2.05) is 12.1 Å². The minimum absolute atomic E-state index is 0.267. The van der Waals surface area contributed by atoms with Gasteiger partial charge in [-0.3, -0.25) is 0 Å². The lowest BCUT2D eigenvalue weighted by molar-refractivity contribution is 0.474. The van der Waals surface area contributed by atoms with E-state index in [0.717, 1.165) is 18.4 Å². The molecule has 0 aliphatic carbocycles. The quantitative estimate of drug-likeness (QED) is 0.708. The highest BCUT2D eigenvalue weighted by Gasteiger charge is 2.21. The van der Waals surface area contributed by atoms with Gasteiger partial charge in [0.25, 0.3) is 0 Å². The van der Waals surface area contributed by atoms with E-state index < -0.39 is 10.0 Å². The van der Waals surface area contributed by atoms with Crippen molar-refractivity contribution in [2.75, 3.05) is 19.6 Å². The summed E-state index contributed by atoms with van der Waals surface area (Å²) in [6.45, 7) is 8.34. The molecule has 0 unspecified atom stereocenters. The van der Waals surface area contributed by atoms with Gasteiger partial charge in [0.2, 0.25) is 10.0 Å². The molecule has 2 N–H and O–H groups in total. The fourth-order valence-electron chi connectivity index (χ4n) is 1.84. The van der Waals surface area contributed by atoms with Gasteiger partial charge in [-0.25, -0.2) is 8.42 Å². The largest absolute Gasteiger partial charge is 0.330 e. The molecule has 0 atom stereocenters. The third-order valence-corrected chi connectivity index (χ3v) is 4.74. The van der Waals surface area contributed by atoms with E-state index in [1.54, 1.807) is 24.3 Å². The predicted molar refractivity (Wildman–Crippen MR) is 83.0 cm³/mol. The van der Waals surface area contributed by atoms with Crippen molar-refractivity contribution in [3.63, 3.8) is 0 Å². The molecule has 1 aromatic rings. The van der Waals surface area contributed by atoms with Crippen LogP contribution in [0.1, 0.15) is 12.0 Å². The number of hydrogen-bond acceptors (Lipinski definition) is 3. The van der Waals surface area contributed by atoms with E-state index in [4.69, 9.17) is 5.73 Å². The SMILES string of the molecule is C=CCN(CC=C)S(=O)(=O)c1ccc(CCCN)cc1. The van der Waals surface area contributed by atoms with Crippen LogP contribution in [0.15, 0.2) is 54.5 Å². The number of nitrogens with zero attached hydrogens (tertiary/aromatic N) is 1. The summed E-state index contributed by atoms with van der Waals surface area (Å²) in [6.07, 6.45) is 4.89. The Morgan fingerprint density at radius 2 is 1.65 bits per heavy atom. The first-order valence-electron chi connectivity index (χ1n) is 6.57. The Morgan fingerprint density at radius 3 is 2.10 bits per heavy atom. The second-order valence-electron chi connectivity index (χ2n) is 4.44. The van der Waals surface area contributed by atoms with Gasteiger partial charge in [0, 0.05) is 13.1 Å². The van der Waals surface area contributed by atoms with Crippen LogP contribution in [0.25, 0.3) is 0 Å². The summed E-state index contributed by atoms with van der Waals surface area (Å²) in [4.78, 5) is 0.290. The highest BCUT2D eigenvalue weighted by atomic mass is 32.2. The Morgan fingerprint density at radius 1 is 1.10 bits per heavy atom. The van der Waals surface area contributed by atoms with E-state index in [0.29, 0.717) is 6.54 Å².